The summed E-state index contributed by atoms with van der Waals surface area (Å²) in [4.78, 5) is 31.5. The topological polar surface area (TPSA) is 61.8 Å². The predicted octanol–water partition coefficient (Wildman–Crippen LogP) is 1.38. The van der Waals surface area contributed by atoms with Crippen molar-refractivity contribution < 1.29 is 24.1 Å². The molecule has 5 nitrogen and oxygen atoms in total. The quantitative estimate of drug-likeness (QED) is 0.168. The zero-order chi connectivity index (χ0) is 11.8. The Labute approximate surface area is 88.9 Å². The van der Waals surface area contributed by atoms with E-state index in [4.69, 9.17) is 4.89 Å². The van der Waals surface area contributed by atoms with Crippen LogP contribution in [-0.2, 0) is 24.1 Å². The Bertz CT molecular complexity index is 257. The summed E-state index contributed by atoms with van der Waals surface area (Å²) in [5.74, 6) is -1.28. The van der Waals surface area contributed by atoms with E-state index in [0.29, 0.717) is 6.42 Å². The van der Waals surface area contributed by atoms with Crippen molar-refractivity contribution in [3.63, 3.8) is 0 Å². The summed E-state index contributed by atoms with van der Waals surface area (Å²) in [6.07, 6.45) is 1.53. The molecule has 0 amide bonds. The van der Waals surface area contributed by atoms with Gasteiger partial charge in [-0.1, -0.05) is 6.92 Å². The third-order valence-electron chi connectivity index (χ3n) is 1.70. The Morgan fingerprint density at radius 2 is 2.00 bits per heavy atom. The van der Waals surface area contributed by atoms with Crippen LogP contribution < -0.4 is 0 Å². The van der Waals surface area contributed by atoms with Gasteiger partial charge in [-0.05, 0) is 20.3 Å². The molecular formula is C10H16O5. The van der Waals surface area contributed by atoms with E-state index in [1.54, 1.807) is 6.92 Å². The molecule has 0 radical (unpaired) electrons. The first kappa shape index (κ1) is 13.6. The average Bonchev–Trinajstić information content (AvgIpc) is 2.21. The highest BCUT2D eigenvalue weighted by Crippen LogP contribution is 2.04. The van der Waals surface area contributed by atoms with Gasteiger partial charge in [0.05, 0.1) is 7.11 Å². The molecule has 0 aromatic carbocycles. The second-order valence-electron chi connectivity index (χ2n) is 3.01. The van der Waals surface area contributed by atoms with Crippen molar-refractivity contribution in [1.82, 2.24) is 0 Å². The molecule has 0 aromatic rings. The number of hydrogen-bond acceptors (Lipinski definition) is 5. The SMILES string of the molecule is CCC(C)OOC(=O)C(=COC)C(C)=O. The third-order valence-corrected chi connectivity index (χ3v) is 1.70. The van der Waals surface area contributed by atoms with Gasteiger partial charge in [-0.25, -0.2) is 4.79 Å². The molecule has 0 aliphatic carbocycles. The first-order valence-electron chi connectivity index (χ1n) is 4.64. The molecule has 0 heterocycles. The molecule has 0 saturated carbocycles. The maximum Gasteiger partial charge on any atom is 0.379 e. The van der Waals surface area contributed by atoms with Crippen LogP contribution in [0.5, 0.6) is 0 Å². The minimum absolute atomic E-state index is 0.180. The molecule has 15 heavy (non-hydrogen) atoms. The second-order valence-corrected chi connectivity index (χ2v) is 3.01. The first-order valence-corrected chi connectivity index (χ1v) is 4.64. The molecule has 0 spiro atoms. The van der Waals surface area contributed by atoms with Gasteiger partial charge in [-0.3, -0.25) is 9.68 Å². The predicted molar refractivity (Wildman–Crippen MR) is 52.7 cm³/mol. The van der Waals surface area contributed by atoms with Gasteiger partial charge in [0.25, 0.3) is 0 Å². The molecule has 0 saturated heterocycles. The molecule has 1 atom stereocenters. The Hall–Kier alpha value is -1.36. The lowest BCUT2D eigenvalue weighted by Gasteiger charge is -2.08. The van der Waals surface area contributed by atoms with Crippen molar-refractivity contribution >= 4 is 11.8 Å². The molecule has 0 bridgehead atoms. The monoisotopic (exact) mass is 216 g/mol. The smallest absolute Gasteiger partial charge is 0.379 e. The molecule has 1 unspecified atom stereocenters. The number of hydrogen-bond donors (Lipinski definition) is 0. The van der Waals surface area contributed by atoms with Crippen molar-refractivity contribution in [2.75, 3.05) is 7.11 Å². The van der Waals surface area contributed by atoms with Crippen molar-refractivity contribution in [3.05, 3.63) is 11.8 Å². The normalized spacial score (nSPS) is 13.2. The minimum Gasteiger partial charge on any atom is -0.503 e. The van der Waals surface area contributed by atoms with Crippen molar-refractivity contribution in [3.8, 4) is 0 Å². The molecule has 0 aliphatic rings. The second kappa shape index (κ2) is 7.00. The van der Waals surface area contributed by atoms with Crippen LogP contribution in [0, 0.1) is 0 Å². The molecule has 0 fully saturated rings. The molecule has 86 valence electrons. The maximum absolute atomic E-state index is 11.3. The van der Waals surface area contributed by atoms with E-state index in [0.717, 1.165) is 6.26 Å². The number of ketones is 1. The Kier molecular flexibility index (Phi) is 6.37. The third kappa shape index (κ3) is 5.17. The number of Topliss-reactive ketones (excluding diaryl/α,β-unsaturated/α-hetero) is 1. The van der Waals surface area contributed by atoms with Crippen LogP contribution in [0.3, 0.4) is 0 Å². The lowest BCUT2D eigenvalue weighted by Crippen LogP contribution is -2.17. The highest BCUT2D eigenvalue weighted by atomic mass is 17.2. The van der Waals surface area contributed by atoms with Gasteiger partial charge in [0.15, 0.2) is 5.78 Å². The van der Waals surface area contributed by atoms with Crippen molar-refractivity contribution in [2.24, 2.45) is 0 Å². The van der Waals surface area contributed by atoms with E-state index in [1.807, 2.05) is 6.92 Å². The van der Waals surface area contributed by atoms with E-state index in [2.05, 4.69) is 9.62 Å². The standard InChI is InChI=1S/C10H16O5/c1-5-7(2)14-15-10(12)9(6-13-4)8(3)11/h6-7H,5H2,1-4H3. The maximum atomic E-state index is 11.3. The lowest BCUT2D eigenvalue weighted by molar-refractivity contribution is -0.291. The largest absolute Gasteiger partial charge is 0.503 e. The number of carbonyl (C=O) groups excluding carboxylic acids is 2. The van der Waals surface area contributed by atoms with E-state index in [9.17, 15) is 9.59 Å². The van der Waals surface area contributed by atoms with Gasteiger partial charge in [0.1, 0.15) is 17.9 Å². The van der Waals surface area contributed by atoms with Crippen molar-refractivity contribution in [1.29, 1.82) is 0 Å². The summed E-state index contributed by atoms with van der Waals surface area (Å²) >= 11 is 0. The van der Waals surface area contributed by atoms with E-state index in [-0.39, 0.29) is 11.7 Å². The summed E-state index contributed by atoms with van der Waals surface area (Å²) in [7, 11) is 1.34. The molecule has 0 aliphatic heterocycles. The lowest BCUT2D eigenvalue weighted by atomic mass is 10.2. The number of ether oxygens (including phenoxy) is 1. The van der Waals surface area contributed by atoms with Gasteiger partial charge < -0.3 is 4.74 Å². The molecule has 0 rings (SSSR count). The van der Waals surface area contributed by atoms with Crippen LogP contribution in [0.15, 0.2) is 11.8 Å². The fraction of sp³-hybridized carbons (Fsp3) is 0.600. The first-order chi connectivity index (χ1) is 7.02. The summed E-state index contributed by atoms with van der Waals surface area (Å²) in [5.41, 5.74) is -0.180. The number of rotatable bonds is 6. The summed E-state index contributed by atoms with van der Waals surface area (Å²) in [6, 6.07) is 0. The van der Waals surface area contributed by atoms with Gasteiger partial charge >= 0.3 is 5.97 Å². The summed E-state index contributed by atoms with van der Waals surface area (Å²) in [5, 5.41) is 0. The Morgan fingerprint density at radius 1 is 1.40 bits per heavy atom. The Balaban J connectivity index is 4.28. The fourth-order valence-electron chi connectivity index (χ4n) is 0.631. The van der Waals surface area contributed by atoms with Crippen LogP contribution in [0.25, 0.3) is 0 Å². The number of carbonyl (C=O) groups is 2. The van der Waals surface area contributed by atoms with Gasteiger partial charge in [0.2, 0.25) is 0 Å². The number of methoxy groups -OCH3 is 1. The van der Waals surface area contributed by atoms with Crippen LogP contribution in [0.1, 0.15) is 27.2 Å². The highest BCUT2D eigenvalue weighted by molar-refractivity contribution is 6.15. The fourth-order valence-corrected chi connectivity index (χ4v) is 0.631. The summed E-state index contributed by atoms with van der Waals surface area (Å²) in [6.45, 7) is 4.88. The molecule has 0 aromatic heterocycles. The molecular weight excluding hydrogens is 200 g/mol. The van der Waals surface area contributed by atoms with Crippen LogP contribution in [0.2, 0.25) is 0 Å². The average molecular weight is 216 g/mol. The van der Waals surface area contributed by atoms with Gasteiger partial charge in [-0.2, -0.15) is 4.89 Å². The summed E-state index contributed by atoms with van der Waals surface area (Å²) < 4.78 is 4.58. The van der Waals surface area contributed by atoms with E-state index in [1.165, 1.54) is 14.0 Å². The van der Waals surface area contributed by atoms with E-state index < -0.39 is 11.8 Å². The van der Waals surface area contributed by atoms with Crippen LogP contribution in [0.4, 0.5) is 0 Å². The van der Waals surface area contributed by atoms with Crippen LogP contribution >= 0.6 is 0 Å². The van der Waals surface area contributed by atoms with E-state index >= 15 is 0 Å². The zero-order valence-electron chi connectivity index (χ0n) is 9.40. The van der Waals surface area contributed by atoms with Gasteiger partial charge in [0, 0.05) is 0 Å². The molecule has 5 heteroatoms. The molecule has 0 N–H and O–H groups in total. The highest BCUT2D eigenvalue weighted by Gasteiger charge is 2.18. The van der Waals surface area contributed by atoms with Gasteiger partial charge in [-0.15, -0.1) is 0 Å². The minimum atomic E-state index is -0.843. The van der Waals surface area contributed by atoms with Crippen molar-refractivity contribution in [2.45, 2.75) is 33.3 Å². The zero-order valence-corrected chi connectivity index (χ0v) is 9.40. The Morgan fingerprint density at radius 3 is 2.40 bits per heavy atom. The van der Waals surface area contributed by atoms with Crippen LogP contribution in [-0.4, -0.2) is 25.0 Å².